The lowest BCUT2D eigenvalue weighted by atomic mass is 10.1. The lowest BCUT2D eigenvalue weighted by Crippen LogP contribution is -2.49. The van der Waals surface area contributed by atoms with Gasteiger partial charge in [0, 0.05) is 30.6 Å². The van der Waals surface area contributed by atoms with E-state index in [1.54, 1.807) is 6.20 Å². The van der Waals surface area contributed by atoms with E-state index in [0.29, 0.717) is 18.1 Å². The third kappa shape index (κ3) is 5.04. The van der Waals surface area contributed by atoms with Gasteiger partial charge in [0.15, 0.2) is 12.2 Å². The van der Waals surface area contributed by atoms with Gasteiger partial charge in [-0.2, -0.15) is 0 Å². The number of nitrogens with one attached hydrogen (secondary N) is 1. The molecule has 1 aliphatic heterocycles. The van der Waals surface area contributed by atoms with Crippen molar-refractivity contribution in [3.63, 3.8) is 0 Å². The first kappa shape index (κ1) is 22.1. The minimum absolute atomic E-state index is 0.116. The average Bonchev–Trinajstić information content (AvgIpc) is 3.44. The van der Waals surface area contributed by atoms with Crippen LogP contribution in [0.1, 0.15) is 32.1 Å². The van der Waals surface area contributed by atoms with Gasteiger partial charge in [-0.25, -0.2) is 4.98 Å². The van der Waals surface area contributed by atoms with Crippen molar-refractivity contribution in [2.45, 2.75) is 45.2 Å². The van der Waals surface area contributed by atoms with Crippen molar-refractivity contribution < 1.29 is 19.8 Å². The Kier molecular flexibility index (Phi) is 6.64. The number of rotatable bonds is 7. The Hall–Kier alpha value is -3.07. The predicted octanol–water partition coefficient (Wildman–Crippen LogP) is 1.92. The molecule has 32 heavy (non-hydrogen) atoms. The Labute approximate surface area is 190 Å². The molecule has 0 saturated carbocycles. The van der Waals surface area contributed by atoms with E-state index in [2.05, 4.69) is 34.6 Å². The molecule has 2 unspecified atom stereocenters. The van der Waals surface area contributed by atoms with Crippen LogP contribution in [-0.2, 0) is 35.6 Å². The van der Waals surface area contributed by atoms with Gasteiger partial charge in [0.2, 0.25) is 0 Å². The molecule has 0 bridgehead atoms. The van der Waals surface area contributed by atoms with E-state index in [9.17, 15) is 19.8 Å². The van der Waals surface area contributed by atoms with Gasteiger partial charge in [-0.1, -0.05) is 54.1 Å². The summed E-state index contributed by atoms with van der Waals surface area (Å²) < 4.78 is 0. The van der Waals surface area contributed by atoms with Crippen molar-refractivity contribution in [1.29, 1.82) is 0 Å². The second kappa shape index (κ2) is 9.60. The average molecular weight is 452 g/mol. The number of benzene rings is 2. The van der Waals surface area contributed by atoms with E-state index in [-0.39, 0.29) is 6.54 Å². The van der Waals surface area contributed by atoms with E-state index in [4.69, 9.17) is 0 Å². The Morgan fingerprint density at radius 1 is 1.06 bits per heavy atom. The lowest BCUT2D eigenvalue weighted by molar-refractivity contribution is -0.153. The maximum Gasteiger partial charge on any atom is 0.255 e. The number of aliphatic hydroxyl groups excluding tert-OH is 2. The number of carbonyl (C=O) groups excluding carboxylic acids is 2. The molecule has 4 rings (SSSR count). The summed E-state index contributed by atoms with van der Waals surface area (Å²) in [6.07, 6.45) is -1.15. The summed E-state index contributed by atoms with van der Waals surface area (Å²) >= 11 is 1.47. The van der Waals surface area contributed by atoms with Gasteiger partial charge in [0.25, 0.3) is 11.8 Å². The molecular weight excluding hydrogens is 426 g/mol. The molecule has 1 aromatic heterocycles. The van der Waals surface area contributed by atoms with Gasteiger partial charge >= 0.3 is 0 Å². The van der Waals surface area contributed by atoms with Crippen molar-refractivity contribution in [1.82, 2.24) is 15.2 Å². The summed E-state index contributed by atoms with van der Waals surface area (Å²) in [5.41, 5.74) is 4.38. The van der Waals surface area contributed by atoms with Crippen LogP contribution in [0.3, 0.4) is 0 Å². The topological polar surface area (TPSA) is 103 Å². The van der Waals surface area contributed by atoms with Crippen LogP contribution >= 0.6 is 11.3 Å². The molecule has 0 spiro atoms. The molecule has 0 saturated heterocycles. The first-order chi connectivity index (χ1) is 15.4. The summed E-state index contributed by atoms with van der Waals surface area (Å²) in [6, 6.07) is 15.9. The Balaban J connectivity index is 1.28. The number of carbonyl (C=O) groups is 2. The molecule has 8 heteroatoms. The van der Waals surface area contributed by atoms with E-state index in [1.165, 1.54) is 27.4 Å². The normalized spacial score (nSPS) is 14.7. The van der Waals surface area contributed by atoms with Crippen molar-refractivity contribution >= 4 is 23.2 Å². The van der Waals surface area contributed by atoms with Gasteiger partial charge in [-0.3, -0.25) is 9.59 Å². The zero-order chi connectivity index (χ0) is 22.7. The lowest BCUT2D eigenvalue weighted by Gasteiger charge is -2.22. The highest BCUT2D eigenvalue weighted by Gasteiger charge is 2.35. The molecule has 2 aromatic carbocycles. The molecule has 3 aromatic rings. The van der Waals surface area contributed by atoms with Gasteiger partial charge in [-0.05, 0) is 23.6 Å². The minimum atomic E-state index is -1.85. The fourth-order valence-electron chi connectivity index (χ4n) is 3.64. The number of thiazole rings is 1. The number of aliphatic hydroxyl groups is 2. The second-order valence-corrected chi connectivity index (χ2v) is 9.15. The highest BCUT2D eigenvalue weighted by atomic mass is 32.1. The van der Waals surface area contributed by atoms with Crippen LogP contribution in [0.2, 0.25) is 0 Å². The van der Waals surface area contributed by atoms with Gasteiger partial charge in [0.05, 0.1) is 6.54 Å². The molecule has 2 atom stereocenters. The summed E-state index contributed by atoms with van der Waals surface area (Å²) in [7, 11) is 0. The minimum Gasteiger partial charge on any atom is -0.380 e. The van der Waals surface area contributed by atoms with E-state index < -0.39 is 24.0 Å². The quantitative estimate of drug-likeness (QED) is 0.509. The zero-order valence-electron chi connectivity index (χ0n) is 17.7. The van der Waals surface area contributed by atoms with Crippen LogP contribution in [0.5, 0.6) is 0 Å². The molecule has 2 amide bonds. The van der Waals surface area contributed by atoms with Gasteiger partial charge in [-0.15, -0.1) is 11.3 Å². The largest absolute Gasteiger partial charge is 0.380 e. The van der Waals surface area contributed by atoms with Gasteiger partial charge in [0.1, 0.15) is 5.01 Å². The maximum absolute atomic E-state index is 12.6. The third-order valence-corrected chi connectivity index (χ3v) is 6.48. The number of nitrogens with zero attached hydrogens (tertiary/aromatic N) is 2. The highest BCUT2D eigenvalue weighted by molar-refractivity contribution is 7.11. The molecular formula is C24H25N3O4S. The third-order valence-electron chi connectivity index (χ3n) is 5.49. The number of aryl methyl sites for hydroxylation is 1. The summed E-state index contributed by atoms with van der Waals surface area (Å²) in [5.74, 6) is -1.48. The molecule has 2 heterocycles. The van der Waals surface area contributed by atoms with Crippen molar-refractivity contribution in [3.8, 4) is 0 Å². The van der Waals surface area contributed by atoms with Gasteiger partial charge < -0.3 is 20.4 Å². The van der Waals surface area contributed by atoms with E-state index in [0.717, 1.165) is 22.4 Å². The van der Waals surface area contributed by atoms with Crippen molar-refractivity contribution in [2.75, 3.05) is 0 Å². The molecule has 0 radical (unpaired) electrons. The monoisotopic (exact) mass is 451 g/mol. The zero-order valence-corrected chi connectivity index (χ0v) is 18.5. The first-order valence-electron chi connectivity index (χ1n) is 10.4. The van der Waals surface area contributed by atoms with E-state index in [1.807, 2.05) is 31.2 Å². The smallest absolute Gasteiger partial charge is 0.255 e. The van der Waals surface area contributed by atoms with E-state index >= 15 is 0 Å². The van der Waals surface area contributed by atoms with Crippen LogP contribution in [-0.4, -0.2) is 44.1 Å². The standard InChI is InChI=1S/C24H25N3O4S/c1-15-6-8-16(9-7-15)10-19-11-25-20(32-19)12-26-23(30)21(28)22(29)24(31)27-13-17-4-2-3-5-18(17)14-27/h2-9,11,21-22,28-29H,10,12-14H2,1H3,(H,26,30). The summed E-state index contributed by atoms with van der Waals surface area (Å²) in [5, 5.41) is 23.7. The first-order valence-corrected chi connectivity index (χ1v) is 11.2. The van der Waals surface area contributed by atoms with Crippen LogP contribution in [0.15, 0.2) is 54.7 Å². The molecule has 1 aliphatic rings. The second-order valence-electron chi connectivity index (χ2n) is 7.95. The Morgan fingerprint density at radius 2 is 1.72 bits per heavy atom. The number of amides is 2. The maximum atomic E-state index is 12.6. The number of fused-ring (bicyclic) bond motifs is 1. The van der Waals surface area contributed by atoms with Crippen LogP contribution < -0.4 is 5.32 Å². The van der Waals surface area contributed by atoms with Crippen LogP contribution in [0.4, 0.5) is 0 Å². The highest BCUT2D eigenvalue weighted by Crippen LogP contribution is 2.23. The number of hydrogen-bond acceptors (Lipinski definition) is 6. The van der Waals surface area contributed by atoms with Crippen molar-refractivity contribution in [3.05, 3.63) is 86.9 Å². The Bertz CT molecular complexity index is 1090. The fraction of sp³-hybridized carbons (Fsp3) is 0.292. The molecule has 3 N–H and O–H groups in total. The summed E-state index contributed by atoms with van der Waals surface area (Å²) in [6.45, 7) is 2.86. The predicted molar refractivity (Wildman–Crippen MR) is 121 cm³/mol. The van der Waals surface area contributed by atoms with Crippen LogP contribution in [0.25, 0.3) is 0 Å². The molecule has 166 valence electrons. The number of hydrogen-bond donors (Lipinski definition) is 3. The SMILES string of the molecule is Cc1ccc(Cc2cnc(CNC(=O)C(O)C(O)C(=O)N3Cc4ccccc4C3)s2)cc1. The summed E-state index contributed by atoms with van der Waals surface area (Å²) in [4.78, 5) is 31.7. The van der Waals surface area contributed by atoms with Crippen molar-refractivity contribution in [2.24, 2.45) is 0 Å². The Morgan fingerprint density at radius 3 is 2.38 bits per heavy atom. The number of aromatic nitrogens is 1. The molecule has 0 fully saturated rings. The molecule has 0 aliphatic carbocycles. The fourth-order valence-corrected chi connectivity index (χ4v) is 4.54. The van der Waals surface area contributed by atoms with Crippen LogP contribution in [0, 0.1) is 6.92 Å². The molecule has 7 nitrogen and oxygen atoms in total.